The lowest BCUT2D eigenvalue weighted by atomic mass is 9.89. The summed E-state index contributed by atoms with van der Waals surface area (Å²) in [5.41, 5.74) is 1.77. The Morgan fingerprint density at radius 1 is 1.03 bits per heavy atom. The molecule has 0 atom stereocenters. The van der Waals surface area contributed by atoms with E-state index in [1.54, 1.807) is 12.3 Å². The molecule has 1 aromatic heterocycles. The molecule has 4 rings (SSSR count). The highest BCUT2D eigenvalue weighted by atomic mass is 19.4. The summed E-state index contributed by atoms with van der Waals surface area (Å²) >= 11 is 0. The molecule has 5 nitrogen and oxygen atoms in total. The number of piperidine rings is 1. The molecular formula is C24H25F3N4O. The smallest absolute Gasteiger partial charge is 0.391 e. The van der Waals surface area contributed by atoms with Crippen molar-refractivity contribution in [2.24, 2.45) is 0 Å². The van der Waals surface area contributed by atoms with Gasteiger partial charge < -0.3 is 15.3 Å². The molecule has 1 fully saturated rings. The van der Waals surface area contributed by atoms with Gasteiger partial charge in [-0.25, -0.2) is 4.98 Å². The van der Waals surface area contributed by atoms with Crippen LogP contribution in [0.3, 0.4) is 0 Å². The fraction of sp³-hybridized carbons (Fsp3) is 0.333. The summed E-state index contributed by atoms with van der Waals surface area (Å²) in [4.78, 5) is 10.9. The minimum absolute atomic E-state index is 0.165. The average Bonchev–Trinajstić information content (AvgIpc) is 2.83. The Bertz CT molecular complexity index is 1030. The third-order valence-corrected chi connectivity index (χ3v) is 5.78. The van der Waals surface area contributed by atoms with Crippen molar-refractivity contribution in [2.45, 2.75) is 38.1 Å². The van der Waals surface area contributed by atoms with Crippen molar-refractivity contribution in [1.82, 2.24) is 9.97 Å². The van der Waals surface area contributed by atoms with Crippen LogP contribution in [0.4, 0.5) is 24.9 Å². The van der Waals surface area contributed by atoms with Gasteiger partial charge in [0.15, 0.2) is 0 Å². The van der Waals surface area contributed by atoms with Crippen LogP contribution in [0.1, 0.15) is 41.0 Å². The van der Waals surface area contributed by atoms with Gasteiger partial charge in [-0.05, 0) is 42.0 Å². The van der Waals surface area contributed by atoms with Crippen molar-refractivity contribution in [2.75, 3.05) is 23.3 Å². The number of nitrogens with zero attached hydrogens (tertiary/aromatic N) is 3. The number of benzene rings is 2. The molecule has 3 aromatic rings. The molecule has 2 N–H and O–H groups in total. The summed E-state index contributed by atoms with van der Waals surface area (Å²) in [7, 11) is 0. The van der Waals surface area contributed by atoms with Crippen molar-refractivity contribution in [3.8, 4) is 0 Å². The maximum Gasteiger partial charge on any atom is 0.416 e. The first kappa shape index (κ1) is 22.1. The van der Waals surface area contributed by atoms with Crippen LogP contribution < -0.4 is 10.2 Å². The van der Waals surface area contributed by atoms with E-state index in [1.807, 2.05) is 6.07 Å². The Kier molecular flexibility index (Phi) is 6.60. The number of anilines is 2. The zero-order chi connectivity index (χ0) is 22.6. The maximum atomic E-state index is 12.9. The first-order chi connectivity index (χ1) is 15.4. The van der Waals surface area contributed by atoms with Crippen molar-refractivity contribution < 1.29 is 18.3 Å². The summed E-state index contributed by atoms with van der Waals surface area (Å²) in [6.45, 7) is 1.59. The highest BCUT2D eigenvalue weighted by molar-refractivity contribution is 5.50. The van der Waals surface area contributed by atoms with E-state index in [1.165, 1.54) is 11.6 Å². The molecule has 8 heteroatoms. The third kappa shape index (κ3) is 5.19. The lowest BCUT2D eigenvalue weighted by molar-refractivity contribution is -0.137. The van der Waals surface area contributed by atoms with E-state index < -0.39 is 11.7 Å². The molecular weight excluding hydrogens is 417 g/mol. The fourth-order valence-electron chi connectivity index (χ4n) is 4.06. The Labute approximate surface area is 184 Å². The molecule has 168 valence electrons. The van der Waals surface area contributed by atoms with Gasteiger partial charge in [-0.1, -0.05) is 42.5 Å². The number of nitrogens with one attached hydrogen (secondary N) is 1. The Morgan fingerprint density at radius 3 is 2.47 bits per heavy atom. The first-order valence-electron chi connectivity index (χ1n) is 10.6. The minimum atomic E-state index is -4.38. The third-order valence-electron chi connectivity index (χ3n) is 5.78. The van der Waals surface area contributed by atoms with E-state index in [0.29, 0.717) is 28.8 Å². The molecule has 0 aliphatic carbocycles. The topological polar surface area (TPSA) is 61.3 Å². The van der Waals surface area contributed by atoms with Gasteiger partial charge in [0.1, 0.15) is 5.82 Å². The zero-order valence-corrected chi connectivity index (χ0v) is 17.5. The second kappa shape index (κ2) is 9.56. The van der Waals surface area contributed by atoms with Crippen molar-refractivity contribution in [3.05, 3.63) is 83.0 Å². The fourth-order valence-corrected chi connectivity index (χ4v) is 4.06. The first-order valence-corrected chi connectivity index (χ1v) is 10.6. The normalized spacial score (nSPS) is 15.1. The molecule has 1 saturated heterocycles. The number of aliphatic hydroxyl groups excluding tert-OH is 1. The molecule has 2 heterocycles. The zero-order valence-electron chi connectivity index (χ0n) is 17.5. The predicted molar refractivity (Wildman–Crippen MR) is 117 cm³/mol. The molecule has 0 unspecified atom stereocenters. The van der Waals surface area contributed by atoms with Gasteiger partial charge in [0, 0.05) is 31.4 Å². The number of halogens is 3. The number of aliphatic hydroxyl groups is 1. The standard InChI is InChI=1S/C24H25F3N4O/c25-24(26,27)21-8-4-5-17(13-21)14-28-23-29-15-20(16-32)22(30-23)31-11-9-19(10-12-31)18-6-2-1-3-7-18/h1-8,13,15,19,32H,9-12,14,16H2,(H,28,29,30). The van der Waals surface area contributed by atoms with E-state index in [-0.39, 0.29) is 13.2 Å². The highest BCUT2D eigenvalue weighted by Crippen LogP contribution is 2.32. The van der Waals surface area contributed by atoms with Crippen LogP contribution in [-0.2, 0) is 19.3 Å². The molecule has 0 bridgehead atoms. The van der Waals surface area contributed by atoms with E-state index in [9.17, 15) is 18.3 Å². The number of hydrogen-bond acceptors (Lipinski definition) is 5. The van der Waals surface area contributed by atoms with Gasteiger partial charge in [0.05, 0.1) is 12.2 Å². The number of rotatable bonds is 6. The molecule has 0 radical (unpaired) electrons. The summed E-state index contributed by atoms with van der Waals surface area (Å²) in [5, 5.41) is 12.8. The van der Waals surface area contributed by atoms with Crippen molar-refractivity contribution in [3.63, 3.8) is 0 Å². The van der Waals surface area contributed by atoms with Crippen LogP contribution in [0.15, 0.2) is 60.8 Å². The second-order valence-corrected chi connectivity index (χ2v) is 7.92. The molecule has 0 saturated carbocycles. The molecule has 1 aliphatic heterocycles. The van der Waals surface area contributed by atoms with Crippen molar-refractivity contribution in [1.29, 1.82) is 0 Å². The van der Waals surface area contributed by atoms with Gasteiger partial charge >= 0.3 is 6.18 Å². The monoisotopic (exact) mass is 442 g/mol. The number of alkyl halides is 3. The van der Waals surface area contributed by atoms with Gasteiger partial charge in [-0.3, -0.25) is 0 Å². The Balaban J connectivity index is 1.44. The maximum absolute atomic E-state index is 12.9. The minimum Gasteiger partial charge on any atom is -0.391 e. The molecule has 32 heavy (non-hydrogen) atoms. The summed E-state index contributed by atoms with van der Waals surface area (Å²) in [6, 6.07) is 15.6. The van der Waals surface area contributed by atoms with Crippen molar-refractivity contribution >= 4 is 11.8 Å². The van der Waals surface area contributed by atoms with Crippen LogP contribution >= 0.6 is 0 Å². The second-order valence-electron chi connectivity index (χ2n) is 7.92. The molecule has 1 aliphatic rings. The van der Waals surface area contributed by atoms with Gasteiger partial charge in [0.25, 0.3) is 0 Å². The van der Waals surface area contributed by atoms with Crippen LogP contribution in [0, 0.1) is 0 Å². The largest absolute Gasteiger partial charge is 0.416 e. The SMILES string of the molecule is OCc1cnc(NCc2cccc(C(F)(F)F)c2)nc1N1CCC(c2ccccc2)CC1. The Morgan fingerprint density at radius 2 is 1.78 bits per heavy atom. The average molecular weight is 442 g/mol. The highest BCUT2D eigenvalue weighted by Gasteiger charge is 2.30. The van der Waals surface area contributed by atoms with Gasteiger partial charge in [-0.2, -0.15) is 18.2 Å². The lowest BCUT2D eigenvalue weighted by Gasteiger charge is -2.34. The van der Waals surface area contributed by atoms with E-state index in [2.05, 4.69) is 44.5 Å². The molecule has 0 spiro atoms. The van der Waals surface area contributed by atoms with Gasteiger partial charge in [0.2, 0.25) is 5.95 Å². The summed E-state index contributed by atoms with van der Waals surface area (Å²) < 4.78 is 38.8. The lowest BCUT2D eigenvalue weighted by Crippen LogP contribution is -2.34. The van der Waals surface area contributed by atoms with Crippen LogP contribution in [-0.4, -0.2) is 28.2 Å². The van der Waals surface area contributed by atoms with Crippen LogP contribution in [0.5, 0.6) is 0 Å². The Hall–Kier alpha value is -3.13. The van der Waals surface area contributed by atoms with E-state index >= 15 is 0 Å². The molecule has 2 aromatic carbocycles. The molecule has 0 amide bonds. The van der Waals surface area contributed by atoms with Crippen LogP contribution in [0.2, 0.25) is 0 Å². The number of aromatic nitrogens is 2. The summed E-state index contributed by atoms with van der Waals surface area (Å²) in [5.74, 6) is 1.48. The van der Waals surface area contributed by atoms with Crippen LogP contribution in [0.25, 0.3) is 0 Å². The summed E-state index contributed by atoms with van der Waals surface area (Å²) in [6.07, 6.45) is -0.855. The predicted octanol–water partition coefficient (Wildman–Crippen LogP) is 4.98. The number of hydrogen-bond donors (Lipinski definition) is 2. The quantitative estimate of drug-likeness (QED) is 0.564. The van der Waals surface area contributed by atoms with Gasteiger partial charge in [-0.15, -0.1) is 0 Å². The van der Waals surface area contributed by atoms with E-state index in [4.69, 9.17) is 0 Å². The van der Waals surface area contributed by atoms with E-state index in [0.717, 1.165) is 38.1 Å².